The van der Waals surface area contributed by atoms with Crippen molar-refractivity contribution >= 4 is 33.3 Å². The summed E-state index contributed by atoms with van der Waals surface area (Å²) >= 11 is 0. The molecule has 0 aliphatic carbocycles. The Labute approximate surface area is 151 Å². The highest BCUT2D eigenvalue weighted by atomic mass is 32.2. The third-order valence-electron chi connectivity index (χ3n) is 3.37. The minimum absolute atomic E-state index is 0.0779. The maximum absolute atomic E-state index is 12.7. The maximum Gasteiger partial charge on any atom is 0.339 e. The van der Waals surface area contributed by atoms with Crippen molar-refractivity contribution in [2.24, 2.45) is 0 Å². The molecule has 2 aromatic rings. The van der Waals surface area contributed by atoms with Gasteiger partial charge in [-0.1, -0.05) is 12.1 Å². The molecule has 0 aliphatic heterocycles. The lowest BCUT2D eigenvalue weighted by Gasteiger charge is -2.14. The largest absolute Gasteiger partial charge is 0.495 e. The molecule has 0 fully saturated rings. The van der Waals surface area contributed by atoms with E-state index >= 15 is 0 Å². The second-order valence-corrected chi connectivity index (χ2v) is 6.87. The van der Waals surface area contributed by atoms with E-state index in [0.29, 0.717) is 5.75 Å². The number of nitrogens with one attached hydrogen (secondary N) is 2. The molecule has 0 saturated carbocycles. The molecule has 0 saturated heterocycles. The Morgan fingerprint density at radius 1 is 1.00 bits per heavy atom. The van der Waals surface area contributed by atoms with E-state index in [0.717, 1.165) is 0 Å². The summed E-state index contributed by atoms with van der Waals surface area (Å²) in [4.78, 5) is 23.0. The van der Waals surface area contributed by atoms with Crippen LogP contribution in [0.4, 0.5) is 11.4 Å². The summed E-state index contributed by atoms with van der Waals surface area (Å²) in [5, 5.41) is 2.51. The van der Waals surface area contributed by atoms with Gasteiger partial charge in [-0.3, -0.25) is 9.52 Å². The summed E-state index contributed by atoms with van der Waals surface area (Å²) in [5.74, 6) is -0.729. The van der Waals surface area contributed by atoms with Gasteiger partial charge in [0.05, 0.1) is 36.1 Å². The molecule has 0 heterocycles. The molecule has 2 aromatic carbocycles. The SMILES string of the molecule is COC(=O)c1ccccc1NS(=O)(=O)c1ccc(OC)c(NC(C)=O)c1. The summed E-state index contributed by atoms with van der Waals surface area (Å²) in [5.41, 5.74) is 0.370. The predicted molar refractivity (Wildman–Crippen MR) is 95.9 cm³/mol. The quantitative estimate of drug-likeness (QED) is 0.746. The summed E-state index contributed by atoms with van der Waals surface area (Å²) in [6.07, 6.45) is 0. The molecule has 0 aliphatic rings. The molecule has 26 heavy (non-hydrogen) atoms. The van der Waals surface area contributed by atoms with E-state index in [1.807, 2.05) is 0 Å². The van der Waals surface area contributed by atoms with Crippen LogP contribution in [0.5, 0.6) is 5.75 Å². The van der Waals surface area contributed by atoms with Gasteiger partial charge in [0, 0.05) is 6.92 Å². The monoisotopic (exact) mass is 378 g/mol. The predicted octanol–water partition coefficient (Wildman–Crippen LogP) is 2.24. The van der Waals surface area contributed by atoms with E-state index in [9.17, 15) is 18.0 Å². The number of esters is 1. The normalized spacial score (nSPS) is 10.7. The van der Waals surface area contributed by atoms with Crippen LogP contribution in [0.2, 0.25) is 0 Å². The van der Waals surface area contributed by atoms with Crippen molar-refractivity contribution in [2.45, 2.75) is 11.8 Å². The number of anilines is 2. The Morgan fingerprint density at radius 3 is 2.31 bits per heavy atom. The molecule has 2 N–H and O–H groups in total. The molecule has 0 atom stereocenters. The molecule has 0 bridgehead atoms. The van der Waals surface area contributed by atoms with Crippen LogP contribution in [0.25, 0.3) is 0 Å². The van der Waals surface area contributed by atoms with E-state index in [-0.39, 0.29) is 27.7 Å². The van der Waals surface area contributed by atoms with Gasteiger partial charge in [-0.15, -0.1) is 0 Å². The molecule has 0 aromatic heterocycles. The van der Waals surface area contributed by atoms with Gasteiger partial charge in [-0.25, -0.2) is 13.2 Å². The van der Waals surface area contributed by atoms with Gasteiger partial charge in [0.2, 0.25) is 5.91 Å². The lowest BCUT2D eigenvalue weighted by molar-refractivity contribution is -0.114. The van der Waals surface area contributed by atoms with Gasteiger partial charge >= 0.3 is 5.97 Å². The molecule has 2 rings (SSSR count). The second-order valence-electron chi connectivity index (χ2n) is 5.19. The lowest BCUT2D eigenvalue weighted by atomic mass is 10.2. The fourth-order valence-electron chi connectivity index (χ4n) is 2.21. The van der Waals surface area contributed by atoms with Gasteiger partial charge in [-0.2, -0.15) is 0 Å². The number of hydrogen-bond donors (Lipinski definition) is 2. The van der Waals surface area contributed by atoms with E-state index < -0.39 is 16.0 Å². The van der Waals surface area contributed by atoms with Crippen LogP contribution in [-0.4, -0.2) is 34.5 Å². The number of amides is 1. The zero-order valence-electron chi connectivity index (χ0n) is 14.4. The standard InChI is InChI=1S/C17H18N2O6S/c1-11(20)18-15-10-12(8-9-16(15)24-2)26(22,23)19-14-7-5-4-6-13(14)17(21)25-3/h4-10,19H,1-3H3,(H,18,20). The van der Waals surface area contributed by atoms with Crippen LogP contribution in [0.15, 0.2) is 47.4 Å². The Morgan fingerprint density at radius 2 is 1.69 bits per heavy atom. The highest BCUT2D eigenvalue weighted by molar-refractivity contribution is 7.92. The molecule has 0 unspecified atom stereocenters. The van der Waals surface area contributed by atoms with Gasteiger partial charge in [0.15, 0.2) is 0 Å². The minimum Gasteiger partial charge on any atom is -0.495 e. The zero-order chi connectivity index (χ0) is 19.3. The molecule has 138 valence electrons. The van der Waals surface area contributed by atoms with Crippen molar-refractivity contribution in [2.75, 3.05) is 24.3 Å². The third kappa shape index (κ3) is 4.31. The van der Waals surface area contributed by atoms with Gasteiger partial charge in [-0.05, 0) is 30.3 Å². The first-order valence-corrected chi connectivity index (χ1v) is 8.92. The number of methoxy groups -OCH3 is 2. The molecule has 9 heteroatoms. The highest BCUT2D eigenvalue weighted by Gasteiger charge is 2.20. The Balaban J connectivity index is 2.43. The van der Waals surface area contributed by atoms with E-state index in [2.05, 4.69) is 14.8 Å². The first-order valence-electron chi connectivity index (χ1n) is 7.44. The highest BCUT2D eigenvalue weighted by Crippen LogP contribution is 2.29. The second kappa shape index (κ2) is 7.87. The van der Waals surface area contributed by atoms with Gasteiger partial charge in [0.1, 0.15) is 5.75 Å². The third-order valence-corrected chi connectivity index (χ3v) is 4.73. The zero-order valence-corrected chi connectivity index (χ0v) is 15.2. The molecule has 0 radical (unpaired) electrons. The number of rotatable bonds is 6. The smallest absolute Gasteiger partial charge is 0.339 e. The van der Waals surface area contributed by atoms with E-state index in [4.69, 9.17) is 4.74 Å². The lowest BCUT2D eigenvalue weighted by Crippen LogP contribution is -2.17. The Kier molecular flexibility index (Phi) is 5.83. The number of carbonyl (C=O) groups is 2. The maximum atomic E-state index is 12.7. The molecule has 1 amide bonds. The number of carbonyl (C=O) groups excluding carboxylic acids is 2. The van der Waals surface area contributed by atoms with Crippen molar-refractivity contribution in [1.29, 1.82) is 0 Å². The minimum atomic E-state index is -4.03. The average molecular weight is 378 g/mol. The first-order chi connectivity index (χ1) is 12.3. The topological polar surface area (TPSA) is 111 Å². The van der Waals surface area contributed by atoms with Crippen molar-refractivity contribution in [1.82, 2.24) is 0 Å². The summed E-state index contributed by atoms with van der Waals surface area (Å²) in [6, 6.07) is 10.1. The number of hydrogen-bond acceptors (Lipinski definition) is 6. The van der Waals surface area contributed by atoms with Gasteiger partial charge < -0.3 is 14.8 Å². The van der Waals surface area contributed by atoms with E-state index in [1.165, 1.54) is 51.5 Å². The Hall–Kier alpha value is -3.07. The average Bonchev–Trinajstić information content (AvgIpc) is 2.60. The van der Waals surface area contributed by atoms with Crippen LogP contribution < -0.4 is 14.8 Å². The molecular weight excluding hydrogens is 360 g/mol. The van der Waals surface area contributed by atoms with Crippen LogP contribution in [-0.2, 0) is 19.6 Å². The fourth-order valence-corrected chi connectivity index (χ4v) is 3.31. The number of ether oxygens (including phenoxy) is 2. The van der Waals surface area contributed by atoms with Crippen molar-refractivity contribution in [3.05, 3.63) is 48.0 Å². The van der Waals surface area contributed by atoms with Crippen molar-refractivity contribution in [3.8, 4) is 5.75 Å². The van der Waals surface area contributed by atoms with Crippen molar-refractivity contribution < 1.29 is 27.5 Å². The molecule has 8 nitrogen and oxygen atoms in total. The summed E-state index contributed by atoms with van der Waals surface area (Å²) in [7, 11) is -1.42. The fraction of sp³-hybridized carbons (Fsp3) is 0.176. The van der Waals surface area contributed by atoms with Crippen molar-refractivity contribution in [3.63, 3.8) is 0 Å². The summed E-state index contributed by atoms with van der Waals surface area (Å²) in [6.45, 7) is 1.30. The Bertz CT molecular complexity index is 940. The van der Waals surface area contributed by atoms with Crippen LogP contribution in [0, 0.1) is 0 Å². The van der Waals surface area contributed by atoms with E-state index in [1.54, 1.807) is 12.1 Å². The number of para-hydroxylation sites is 1. The first kappa shape index (κ1) is 19.3. The molecule has 0 spiro atoms. The summed E-state index contributed by atoms with van der Waals surface area (Å²) < 4.78 is 37.5. The molecular formula is C17H18N2O6S. The van der Waals surface area contributed by atoms with Crippen LogP contribution >= 0.6 is 0 Å². The number of benzene rings is 2. The van der Waals surface area contributed by atoms with Crippen LogP contribution in [0.1, 0.15) is 17.3 Å². The number of sulfonamides is 1. The van der Waals surface area contributed by atoms with Gasteiger partial charge in [0.25, 0.3) is 10.0 Å². The van der Waals surface area contributed by atoms with Crippen LogP contribution in [0.3, 0.4) is 0 Å².